The van der Waals surface area contributed by atoms with Crippen LogP contribution >= 0.6 is 23.2 Å². The summed E-state index contributed by atoms with van der Waals surface area (Å²) in [7, 11) is 4.12. The minimum absolute atomic E-state index is 0.0329. The summed E-state index contributed by atoms with van der Waals surface area (Å²) >= 11 is 11.7. The van der Waals surface area contributed by atoms with Crippen molar-refractivity contribution in [3.8, 4) is 23.0 Å². The molecule has 1 aliphatic rings. The highest BCUT2D eigenvalue weighted by Gasteiger charge is 2.37. The highest BCUT2D eigenvalue weighted by molar-refractivity contribution is 6.67. The molecular weight excluding hydrogens is 574 g/mol. The first-order valence-electron chi connectivity index (χ1n) is 11.2. The zero-order chi connectivity index (χ0) is 29.4. The summed E-state index contributed by atoms with van der Waals surface area (Å²) in [5.41, 5.74) is -1.11. The van der Waals surface area contributed by atoms with Crippen LogP contribution in [0.5, 0.6) is 23.0 Å². The van der Waals surface area contributed by atoms with Gasteiger partial charge in [0.25, 0.3) is 5.91 Å². The van der Waals surface area contributed by atoms with Crippen molar-refractivity contribution in [3.05, 3.63) is 36.3 Å². The van der Waals surface area contributed by atoms with Crippen molar-refractivity contribution in [2.24, 2.45) is 0 Å². The van der Waals surface area contributed by atoms with Gasteiger partial charge in [0.2, 0.25) is 11.7 Å². The molecule has 0 bridgehead atoms. The number of amides is 3. The van der Waals surface area contributed by atoms with E-state index in [-0.39, 0.29) is 40.3 Å². The van der Waals surface area contributed by atoms with E-state index in [9.17, 15) is 14.4 Å². The molecule has 16 heteroatoms. The van der Waals surface area contributed by atoms with Crippen LogP contribution in [0.25, 0.3) is 0 Å². The van der Waals surface area contributed by atoms with E-state index < -0.39 is 39.8 Å². The van der Waals surface area contributed by atoms with E-state index in [1.807, 2.05) is 0 Å². The Morgan fingerprint density at radius 3 is 2.17 bits per heavy atom. The normalized spacial score (nSPS) is 13.3. The number of carbonyl (C=O) groups is 3. The van der Waals surface area contributed by atoms with Crippen molar-refractivity contribution in [1.29, 1.82) is 0 Å². The molecule has 0 atom stereocenters. The number of fused-ring (bicyclic) bond motifs is 1. The fourth-order valence-corrected chi connectivity index (χ4v) is 4.04. The van der Waals surface area contributed by atoms with Gasteiger partial charge in [-0.3, -0.25) is 14.4 Å². The Morgan fingerprint density at radius 1 is 1.00 bits per heavy atom. The molecule has 1 aliphatic heterocycles. The lowest BCUT2D eigenvalue weighted by molar-refractivity contribution is -0.129. The molecule has 40 heavy (non-hydrogen) atoms. The lowest BCUT2D eigenvalue weighted by Gasteiger charge is -2.31. The van der Waals surface area contributed by atoms with E-state index >= 15 is 4.39 Å². The molecule has 13 nitrogen and oxygen atoms in total. The number of carbonyl (C=O) groups excluding carboxylic acids is 3. The van der Waals surface area contributed by atoms with Gasteiger partial charge in [0, 0.05) is 12.1 Å². The van der Waals surface area contributed by atoms with E-state index in [0.29, 0.717) is 11.1 Å². The Labute approximate surface area is 236 Å². The average Bonchev–Trinajstić information content (AvgIpc) is 2.90. The SMILES string of the molecule is COc1cc(N(C(=O)Cl)c2ncc(F)c(N(C(=O)Cl)c3ccc4c(n3)NC(=O)C(C)(C)O4)n2)cc(OC)c1OC. The van der Waals surface area contributed by atoms with Crippen LogP contribution in [0.2, 0.25) is 0 Å². The number of pyridine rings is 1. The van der Waals surface area contributed by atoms with Crippen LogP contribution in [0.15, 0.2) is 30.5 Å². The van der Waals surface area contributed by atoms with Crippen LogP contribution in [0, 0.1) is 5.82 Å². The number of methoxy groups -OCH3 is 3. The zero-order valence-electron chi connectivity index (χ0n) is 21.6. The Bertz CT molecular complexity index is 1500. The van der Waals surface area contributed by atoms with Crippen LogP contribution in [0.4, 0.5) is 43.1 Å². The number of halogens is 3. The van der Waals surface area contributed by atoms with E-state index in [2.05, 4.69) is 20.3 Å². The highest BCUT2D eigenvalue weighted by Crippen LogP contribution is 2.43. The Morgan fingerprint density at radius 2 is 1.62 bits per heavy atom. The molecule has 0 spiro atoms. The standard InChI is InChI=1S/C24H21Cl2FN6O7/c1-24(2)20(34)30-18-13(40-24)6-7-16(29-18)33(22(26)36)19-12(27)10-28-23(31-19)32(21(25)35)11-8-14(37-3)17(39-5)15(9-11)38-4/h6-10H,1-5H3,(H,29,30,34). The lowest BCUT2D eigenvalue weighted by Crippen LogP contribution is -2.46. The van der Waals surface area contributed by atoms with Gasteiger partial charge in [0.15, 0.2) is 40.3 Å². The summed E-state index contributed by atoms with van der Waals surface area (Å²) in [6.45, 7) is 3.12. The van der Waals surface area contributed by atoms with E-state index in [0.717, 1.165) is 4.90 Å². The van der Waals surface area contributed by atoms with Crippen molar-refractivity contribution >= 4 is 68.9 Å². The number of hydrogen-bond acceptors (Lipinski definition) is 10. The second-order valence-electron chi connectivity index (χ2n) is 8.48. The molecule has 0 saturated carbocycles. The number of ether oxygens (including phenoxy) is 4. The van der Waals surface area contributed by atoms with Crippen molar-refractivity contribution in [3.63, 3.8) is 0 Å². The van der Waals surface area contributed by atoms with Crippen molar-refractivity contribution in [2.75, 3.05) is 36.4 Å². The number of aromatic nitrogens is 3. The molecule has 1 N–H and O–H groups in total. The van der Waals surface area contributed by atoms with Gasteiger partial charge in [-0.2, -0.15) is 4.98 Å². The molecule has 3 amide bonds. The quantitative estimate of drug-likeness (QED) is 0.288. The minimum atomic E-state index is -1.21. The summed E-state index contributed by atoms with van der Waals surface area (Å²) in [6, 6.07) is 5.48. The lowest BCUT2D eigenvalue weighted by atomic mass is 10.1. The second kappa shape index (κ2) is 11.0. The summed E-state index contributed by atoms with van der Waals surface area (Å²) in [5, 5.41) is 0.256. The molecule has 1 aromatic carbocycles. The average molecular weight is 595 g/mol. The molecule has 3 aromatic rings. The number of nitrogens with one attached hydrogen (secondary N) is 1. The minimum Gasteiger partial charge on any atom is -0.493 e. The van der Waals surface area contributed by atoms with Gasteiger partial charge in [-0.15, -0.1) is 0 Å². The van der Waals surface area contributed by atoms with Crippen LogP contribution < -0.4 is 34.1 Å². The summed E-state index contributed by atoms with van der Waals surface area (Å²) in [5.74, 6) is -2.17. The van der Waals surface area contributed by atoms with E-state index in [1.165, 1.54) is 45.6 Å². The van der Waals surface area contributed by atoms with Crippen molar-refractivity contribution in [1.82, 2.24) is 15.0 Å². The molecule has 2 aromatic heterocycles. The first kappa shape index (κ1) is 28.6. The smallest absolute Gasteiger partial charge is 0.327 e. The molecule has 0 radical (unpaired) electrons. The molecule has 210 valence electrons. The Kier molecular flexibility index (Phi) is 7.84. The molecule has 4 rings (SSSR count). The number of benzene rings is 1. The maximum atomic E-state index is 15.1. The van der Waals surface area contributed by atoms with Gasteiger partial charge in [-0.05, 0) is 49.2 Å². The predicted octanol–water partition coefficient (Wildman–Crippen LogP) is 5.14. The number of nitrogens with zero attached hydrogens (tertiary/aromatic N) is 5. The topological polar surface area (TPSA) is 145 Å². The molecule has 0 saturated heterocycles. The molecule has 0 aliphatic carbocycles. The maximum absolute atomic E-state index is 15.1. The summed E-state index contributed by atoms with van der Waals surface area (Å²) in [6.07, 6.45) is 0.709. The van der Waals surface area contributed by atoms with Crippen LogP contribution in [-0.2, 0) is 4.79 Å². The number of rotatable bonds is 7. The molecule has 3 heterocycles. The third-order valence-electron chi connectivity index (χ3n) is 5.60. The zero-order valence-corrected chi connectivity index (χ0v) is 23.1. The summed E-state index contributed by atoms with van der Waals surface area (Å²) in [4.78, 5) is 50.9. The van der Waals surface area contributed by atoms with Crippen molar-refractivity contribution < 1.29 is 37.7 Å². The molecular formula is C24H21Cl2FN6O7. The number of anilines is 5. The van der Waals surface area contributed by atoms with Gasteiger partial charge in [-0.1, -0.05) is 0 Å². The third-order valence-corrected chi connectivity index (χ3v) is 5.94. The van der Waals surface area contributed by atoms with Gasteiger partial charge in [-0.25, -0.2) is 24.2 Å². The Balaban J connectivity index is 1.83. The first-order valence-corrected chi connectivity index (χ1v) is 12.0. The van der Waals surface area contributed by atoms with E-state index in [4.69, 9.17) is 42.1 Å². The van der Waals surface area contributed by atoms with Gasteiger partial charge < -0.3 is 24.3 Å². The fourth-order valence-electron chi connectivity index (χ4n) is 3.70. The maximum Gasteiger partial charge on any atom is 0.327 e. The number of hydrogen-bond donors (Lipinski definition) is 1. The largest absolute Gasteiger partial charge is 0.493 e. The Hall–Kier alpha value is -4.43. The van der Waals surface area contributed by atoms with E-state index in [1.54, 1.807) is 13.8 Å². The third kappa shape index (κ3) is 5.22. The van der Waals surface area contributed by atoms with Gasteiger partial charge >= 0.3 is 10.7 Å². The highest BCUT2D eigenvalue weighted by atomic mass is 35.5. The van der Waals surface area contributed by atoms with Gasteiger partial charge in [0.1, 0.15) is 5.82 Å². The van der Waals surface area contributed by atoms with Crippen LogP contribution in [-0.4, -0.2) is 58.5 Å². The second-order valence-corrected chi connectivity index (χ2v) is 9.13. The van der Waals surface area contributed by atoms with Crippen LogP contribution in [0.1, 0.15) is 13.8 Å². The molecule has 0 unspecified atom stereocenters. The van der Waals surface area contributed by atoms with Gasteiger partial charge in [0.05, 0.1) is 33.2 Å². The van der Waals surface area contributed by atoms with Crippen LogP contribution in [0.3, 0.4) is 0 Å². The molecule has 0 fully saturated rings. The summed E-state index contributed by atoms with van der Waals surface area (Å²) < 4.78 is 36.6. The first-order chi connectivity index (χ1) is 18.9. The monoisotopic (exact) mass is 594 g/mol. The fraction of sp³-hybridized carbons (Fsp3) is 0.250. The predicted molar refractivity (Wildman–Crippen MR) is 142 cm³/mol. The van der Waals surface area contributed by atoms with Crippen molar-refractivity contribution in [2.45, 2.75) is 19.4 Å².